The summed E-state index contributed by atoms with van der Waals surface area (Å²) < 4.78 is 38.2. The van der Waals surface area contributed by atoms with E-state index in [1.807, 2.05) is 0 Å². The van der Waals surface area contributed by atoms with E-state index in [9.17, 15) is 18.0 Å². The fourth-order valence-electron chi connectivity index (χ4n) is 2.40. The van der Waals surface area contributed by atoms with E-state index in [2.05, 4.69) is 10.3 Å². The Morgan fingerprint density at radius 3 is 2.67 bits per heavy atom. The molecule has 3 N–H and O–H groups in total. The van der Waals surface area contributed by atoms with Gasteiger partial charge in [-0.1, -0.05) is 12.1 Å². The van der Waals surface area contributed by atoms with Crippen molar-refractivity contribution < 1.29 is 23.2 Å². The Bertz CT molecular complexity index is 832. The minimum Gasteiger partial charge on any atom is -0.343 e. The zero-order valence-electron chi connectivity index (χ0n) is 12.2. The number of aliphatic imine (C=N–C) groups is 1. The second-order valence-electron chi connectivity index (χ2n) is 5.22. The molecule has 2 aromatic rings. The van der Waals surface area contributed by atoms with Gasteiger partial charge in [0.2, 0.25) is 0 Å². The second kappa shape index (κ2) is 5.97. The Kier molecular flexibility index (Phi) is 3.98. The van der Waals surface area contributed by atoms with E-state index in [1.165, 1.54) is 23.7 Å². The van der Waals surface area contributed by atoms with Crippen LogP contribution in [0.25, 0.3) is 0 Å². The van der Waals surface area contributed by atoms with Gasteiger partial charge in [0.05, 0.1) is 11.3 Å². The van der Waals surface area contributed by atoms with Gasteiger partial charge in [-0.25, -0.2) is 10.5 Å². The van der Waals surface area contributed by atoms with Gasteiger partial charge in [0.25, 0.3) is 5.91 Å². The maximum Gasteiger partial charge on any atom is 0.416 e. The molecule has 1 aliphatic heterocycles. The van der Waals surface area contributed by atoms with Crippen LogP contribution in [0.3, 0.4) is 0 Å². The molecule has 1 aliphatic rings. The number of nitrogens with one attached hydrogen (secondary N) is 2. The van der Waals surface area contributed by atoms with Gasteiger partial charge in [-0.05, 0) is 35.9 Å². The van der Waals surface area contributed by atoms with Crippen LogP contribution in [0.15, 0.2) is 47.5 Å². The van der Waals surface area contributed by atoms with Crippen molar-refractivity contribution in [1.29, 1.82) is 0 Å². The summed E-state index contributed by atoms with van der Waals surface area (Å²) >= 11 is 0. The van der Waals surface area contributed by atoms with Crippen molar-refractivity contribution in [3.8, 4) is 0 Å². The molecule has 0 unspecified atom stereocenters. The van der Waals surface area contributed by atoms with Gasteiger partial charge in [-0.15, -0.1) is 0 Å². The predicted octanol–water partition coefficient (Wildman–Crippen LogP) is 3.52. The van der Waals surface area contributed by atoms with Crippen molar-refractivity contribution in [2.45, 2.75) is 12.6 Å². The molecule has 1 amide bonds. The normalized spacial score (nSPS) is 13.2. The van der Waals surface area contributed by atoms with E-state index in [4.69, 9.17) is 5.21 Å². The number of carbonyl (C=O) groups is 1. The van der Waals surface area contributed by atoms with Crippen molar-refractivity contribution in [2.24, 2.45) is 4.99 Å². The summed E-state index contributed by atoms with van der Waals surface area (Å²) in [6.07, 6.45) is -4.05. The standard InChI is InChI=1S/C16H12F3N3O2/c17-16(18,19)11-5-4-9-7-14(21-13(9)8-11)20-12-3-1-2-10(6-12)15(23)22-24/h1-6,8,24H,7H2,(H,20,21)(H,22,23). The topological polar surface area (TPSA) is 73.7 Å². The number of hydrogen-bond acceptors (Lipinski definition) is 4. The van der Waals surface area contributed by atoms with Crippen LogP contribution in [0.2, 0.25) is 0 Å². The van der Waals surface area contributed by atoms with Gasteiger partial charge in [0, 0.05) is 17.7 Å². The summed E-state index contributed by atoms with van der Waals surface area (Å²) in [6.45, 7) is 0. The van der Waals surface area contributed by atoms with Crippen molar-refractivity contribution in [3.05, 3.63) is 59.2 Å². The van der Waals surface area contributed by atoms with E-state index >= 15 is 0 Å². The van der Waals surface area contributed by atoms with Gasteiger partial charge < -0.3 is 5.32 Å². The summed E-state index contributed by atoms with van der Waals surface area (Å²) in [5.74, 6) is -0.184. The highest BCUT2D eigenvalue weighted by atomic mass is 19.4. The van der Waals surface area contributed by atoms with Crippen molar-refractivity contribution in [1.82, 2.24) is 5.48 Å². The number of nitrogens with zero attached hydrogens (tertiary/aromatic N) is 1. The van der Waals surface area contributed by atoms with E-state index in [0.29, 0.717) is 23.5 Å². The number of carbonyl (C=O) groups excluding carboxylic acids is 1. The molecule has 0 saturated heterocycles. The number of benzene rings is 2. The number of alkyl halides is 3. The number of anilines is 1. The highest BCUT2D eigenvalue weighted by Gasteiger charge is 2.31. The Balaban J connectivity index is 1.81. The van der Waals surface area contributed by atoms with Gasteiger partial charge in [-0.3, -0.25) is 10.0 Å². The number of hydroxylamine groups is 1. The lowest BCUT2D eigenvalue weighted by Gasteiger charge is -2.07. The number of fused-ring (bicyclic) bond motifs is 1. The molecular weight excluding hydrogens is 323 g/mol. The SMILES string of the molecule is O=C(NO)c1cccc(NC2=Nc3cc(C(F)(F)F)ccc3C2)c1. The zero-order chi connectivity index (χ0) is 17.3. The fraction of sp³-hybridized carbons (Fsp3) is 0.125. The predicted molar refractivity (Wildman–Crippen MR) is 81.6 cm³/mol. The van der Waals surface area contributed by atoms with Crippen molar-refractivity contribution >= 4 is 23.1 Å². The summed E-state index contributed by atoms with van der Waals surface area (Å²) in [7, 11) is 0. The summed E-state index contributed by atoms with van der Waals surface area (Å²) in [5.41, 5.74) is 2.53. The lowest BCUT2D eigenvalue weighted by Crippen LogP contribution is -2.19. The molecule has 0 spiro atoms. The molecule has 24 heavy (non-hydrogen) atoms. The number of amides is 1. The minimum atomic E-state index is -4.41. The molecule has 0 radical (unpaired) electrons. The average Bonchev–Trinajstić information content (AvgIpc) is 2.94. The summed E-state index contributed by atoms with van der Waals surface area (Å²) in [4.78, 5) is 15.6. The molecular formula is C16H12F3N3O2. The Morgan fingerprint density at radius 2 is 1.96 bits per heavy atom. The Morgan fingerprint density at radius 1 is 1.17 bits per heavy atom. The van der Waals surface area contributed by atoms with E-state index in [1.54, 1.807) is 12.1 Å². The molecule has 124 valence electrons. The maximum atomic E-state index is 12.7. The summed E-state index contributed by atoms with van der Waals surface area (Å²) in [5, 5.41) is 11.6. The Hall–Kier alpha value is -2.87. The van der Waals surface area contributed by atoms with Crippen LogP contribution in [-0.2, 0) is 12.6 Å². The highest BCUT2D eigenvalue weighted by molar-refractivity contribution is 6.03. The van der Waals surface area contributed by atoms with Gasteiger partial charge in [0.1, 0.15) is 5.84 Å². The van der Waals surface area contributed by atoms with Gasteiger partial charge in [0.15, 0.2) is 0 Å². The lowest BCUT2D eigenvalue weighted by atomic mass is 10.1. The van der Waals surface area contributed by atoms with Crippen LogP contribution >= 0.6 is 0 Å². The first kappa shape index (κ1) is 16.0. The van der Waals surface area contributed by atoms with Crippen LogP contribution in [-0.4, -0.2) is 17.0 Å². The molecule has 0 aromatic heterocycles. The lowest BCUT2D eigenvalue weighted by molar-refractivity contribution is -0.137. The van der Waals surface area contributed by atoms with E-state index in [0.717, 1.165) is 12.1 Å². The molecule has 0 atom stereocenters. The van der Waals surface area contributed by atoms with Gasteiger partial charge >= 0.3 is 6.18 Å². The van der Waals surface area contributed by atoms with E-state index in [-0.39, 0.29) is 11.3 Å². The van der Waals surface area contributed by atoms with Crippen LogP contribution in [0.4, 0.5) is 24.5 Å². The smallest absolute Gasteiger partial charge is 0.343 e. The third-order valence-electron chi connectivity index (χ3n) is 3.54. The quantitative estimate of drug-likeness (QED) is 0.581. The third-order valence-corrected chi connectivity index (χ3v) is 3.54. The first-order chi connectivity index (χ1) is 11.4. The average molecular weight is 335 g/mol. The van der Waals surface area contributed by atoms with E-state index < -0.39 is 17.6 Å². The summed E-state index contributed by atoms with van der Waals surface area (Å²) in [6, 6.07) is 9.75. The maximum absolute atomic E-state index is 12.7. The van der Waals surface area contributed by atoms with Gasteiger partial charge in [-0.2, -0.15) is 13.2 Å². The third kappa shape index (κ3) is 3.23. The van der Waals surface area contributed by atoms with Crippen LogP contribution in [0, 0.1) is 0 Å². The molecule has 0 bridgehead atoms. The molecule has 0 fully saturated rings. The van der Waals surface area contributed by atoms with Crippen molar-refractivity contribution in [3.63, 3.8) is 0 Å². The molecule has 5 nitrogen and oxygen atoms in total. The number of halogens is 3. The molecule has 0 saturated carbocycles. The van der Waals surface area contributed by atoms with Crippen LogP contribution in [0.1, 0.15) is 21.5 Å². The second-order valence-corrected chi connectivity index (χ2v) is 5.22. The van der Waals surface area contributed by atoms with Crippen molar-refractivity contribution in [2.75, 3.05) is 5.32 Å². The number of hydrogen-bond donors (Lipinski definition) is 3. The zero-order valence-corrected chi connectivity index (χ0v) is 12.2. The minimum absolute atomic E-state index is 0.234. The first-order valence-electron chi connectivity index (χ1n) is 6.96. The molecule has 2 aromatic carbocycles. The molecule has 8 heteroatoms. The first-order valence-corrected chi connectivity index (χ1v) is 6.96. The number of amidine groups is 1. The number of rotatable bonds is 2. The monoisotopic (exact) mass is 335 g/mol. The molecule has 0 aliphatic carbocycles. The molecule has 1 heterocycles. The highest BCUT2D eigenvalue weighted by Crippen LogP contribution is 2.35. The largest absolute Gasteiger partial charge is 0.416 e. The van der Waals surface area contributed by atoms with Crippen LogP contribution < -0.4 is 10.8 Å². The molecule has 3 rings (SSSR count). The fourth-order valence-corrected chi connectivity index (χ4v) is 2.40. The Labute approximate surface area is 134 Å². The van der Waals surface area contributed by atoms with Crippen LogP contribution in [0.5, 0.6) is 0 Å².